The van der Waals surface area contributed by atoms with Crippen LogP contribution in [0.3, 0.4) is 0 Å². The number of phenolic OH excluding ortho intramolecular Hbond substituents is 2. The average molecular weight is 631 g/mol. The number of unbranched alkanes of at least 4 members (excludes halogenated alkanes) is 6. The van der Waals surface area contributed by atoms with Gasteiger partial charge in [0.2, 0.25) is 17.7 Å². The average Bonchev–Trinajstić information content (AvgIpc) is 3.53. The molecule has 0 aliphatic carbocycles. The number of carbonyl (C=O) groups excluding carboxylic acids is 3. The highest BCUT2D eigenvalue weighted by Gasteiger charge is 2.24. The van der Waals surface area contributed by atoms with Crippen LogP contribution in [0, 0.1) is 0 Å². The van der Waals surface area contributed by atoms with E-state index < -0.39 is 18.0 Å². The van der Waals surface area contributed by atoms with Crippen LogP contribution in [0.25, 0.3) is 0 Å². The number of aromatic hydroxyl groups is 2. The van der Waals surface area contributed by atoms with E-state index in [0.29, 0.717) is 37.3 Å². The molecule has 2 aromatic rings. The Morgan fingerprint density at radius 3 is 2.16 bits per heavy atom. The van der Waals surface area contributed by atoms with Gasteiger partial charge < -0.3 is 53.7 Å². The first-order valence-electron chi connectivity index (χ1n) is 15.5. The van der Waals surface area contributed by atoms with Gasteiger partial charge in [-0.05, 0) is 51.3 Å². The van der Waals surface area contributed by atoms with Crippen molar-refractivity contribution in [3.8, 4) is 11.5 Å². The molecule has 13 N–H and O–H groups in total. The van der Waals surface area contributed by atoms with Crippen molar-refractivity contribution in [2.45, 2.75) is 76.3 Å². The number of amides is 3. The number of nitrogens with one attached hydrogen (secondary N) is 5. The van der Waals surface area contributed by atoms with Gasteiger partial charge in [0.1, 0.15) is 17.5 Å². The smallest absolute Gasteiger partial charge is 0.248 e. The fourth-order valence-electron chi connectivity index (χ4n) is 4.50. The van der Waals surface area contributed by atoms with Crippen molar-refractivity contribution in [2.75, 3.05) is 32.7 Å². The topological polar surface area (TPSA) is 259 Å². The van der Waals surface area contributed by atoms with Gasteiger partial charge >= 0.3 is 0 Å². The van der Waals surface area contributed by atoms with Crippen LogP contribution in [0.15, 0.2) is 35.7 Å². The van der Waals surface area contributed by atoms with Gasteiger partial charge in [0.25, 0.3) is 0 Å². The molecule has 1 aromatic carbocycles. The molecule has 0 bridgehead atoms. The molecule has 3 amide bonds. The predicted molar refractivity (Wildman–Crippen MR) is 172 cm³/mol. The monoisotopic (exact) mass is 630 g/mol. The number of nitrogens with two attached hydrogens (primary N) is 3. The summed E-state index contributed by atoms with van der Waals surface area (Å²) in [5.74, 6) is -1.31. The number of benzene rings is 1. The summed E-state index contributed by atoms with van der Waals surface area (Å²) in [7, 11) is 0. The van der Waals surface area contributed by atoms with Gasteiger partial charge in [-0.2, -0.15) is 0 Å². The van der Waals surface area contributed by atoms with E-state index in [1.807, 2.05) is 0 Å². The third-order valence-electron chi connectivity index (χ3n) is 7.05. The van der Waals surface area contributed by atoms with Crippen LogP contribution < -0.4 is 38.5 Å². The van der Waals surface area contributed by atoms with Crippen molar-refractivity contribution in [1.82, 2.24) is 31.2 Å². The van der Waals surface area contributed by atoms with Crippen LogP contribution in [0.4, 0.5) is 0 Å². The molecule has 2 atom stereocenters. The lowest BCUT2D eigenvalue weighted by Crippen LogP contribution is -2.41. The van der Waals surface area contributed by atoms with Crippen molar-refractivity contribution < 1.29 is 24.6 Å². The molecule has 0 radical (unpaired) electrons. The highest BCUT2D eigenvalue weighted by molar-refractivity contribution is 5.89. The lowest BCUT2D eigenvalue weighted by Gasteiger charge is -2.17. The van der Waals surface area contributed by atoms with E-state index in [1.165, 1.54) is 24.7 Å². The van der Waals surface area contributed by atoms with Gasteiger partial charge in [-0.15, -0.1) is 0 Å². The summed E-state index contributed by atoms with van der Waals surface area (Å²) in [5.41, 5.74) is 17.1. The van der Waals surface area contributed by atoms with Gasteiger partial charge in [-0.1, -0.05) is 31.7 Å². The normalized spacial score (nSPS) is 12.2. The van der Waals surface area contributed by atoms with E-state index in [9.17, 15) is 24.6 Å². The molecule has 0 spiro atoms. The molecule has 1 heterocycles. The number of H-pyrrole nitrogens is 1. The van der Waals surface area contributed by atoms with Gasteiger partial charge in [0.15, 0.2) is 5.96 Å². The third kappa shape index (κ3) is 15.8. The minimum Gasteiger partial charge on any atom is -0.508 e. The Hall–Kier alpha value is -4.37. The van der Waals surface area contributed by atoms with Gasteiger partial charge in [-0.3, -0.25) is 19.4 Å². The number of hydrogen-bond acceptors (Lipinski definition) is 9. The minimum absolute atomic E-state index is 0.00722. The number of phenols is 2. The van der Waals surface area contributed by atoms with E-state index in [1.54, 1.807) is 0 Å². The summed E-state index contributed by atoms with van der Waals surface area (Å²) in [6, 6.07) is 2.42. The van der Waals surface area contributed by atoms with E-state index in [4.69, 9.17) is 17.2 Å². The van der Waals surface area contributed by atoms with E-state index in [-0.39, 0.29) is 35.7 Å². The van der Waals surface area contributed by atoms with Crippen molar-refractivity contribution in [3.05, 3.63) is 42.0 Å². The van der Waals surface area contributed by atoms with Crippen LogP contribution in [0.1, 0.15) is 75.1 Å². The Labute approximate surface area is 264 Å². The Bertz CT molecular complexity index is 1190. The number of carbonyl (C=O) groups is 3. The highest BCUT2D eigenvalue weighted by atomic mass is 16.3. The molecule has 45 heavy (non-hydrogen) atoms. The van der Waals surface area contributed by atoms with Crippen molar-refractivity contribution in [2.24, 2.45) is 22.2 Å². The zero-order valence-corrected chi connectivity index (χ0v) is 25.9. The Balaban J connectivity index is 1.49. The van der Waals surface area contributed by atoms with Crippen LogP contribution in [-0.4, -0.2) is 82.6 Å². The standard InChI is InChI=1S/C30H50N10O5/c31-23(11-16-38-30(32)33)28(44)36-14-6-4-2-1-3-5-12-34-13-7-8-15-37-29(45)27(24-19-35-20-39-24)40-26(43)17-21-9-10-22(41)18-25(21)42/h9-10,18-20,23,27,34,41-42H,1-8,11-17,31H2,(H,35,39)(H,36,44)(H,37,45)(H,40,43)(H4,32,33,38)/t23-,27-/m0/s1. The number of rotatable bonds is 23. The van der Waals surface area contributed by atoms with E-state index in [2.05, 4.69) is 36.2 Å². The molecule has 0 unspecified atom stereocenters. The zero-order valence-electron chi connectivity index (χ0n) is 25.9. The quantitative estimate of drug-likeness (QED) is 0.0451. The van der Waals surface area contributed by atoms with Crippen LogP contribution in [0.2, 0.25) is 0 Å². The van der Waals surface area contributed by atoms with Gasteiger partial charge in [0.05, 0.1) is 30.7 Å². The Kier molecular flexibility index (Phi) is 17.5. The summed E-state index contributed by atoms with van der Waals surface area (Å²) in [4.78, 5) is 48.1. The molecule has 0 saturated heterocycles. The lowest BCUT2D eigenvalue weighted by molar-refractivity contribution is -0.129. The molecule has 2 rings (SSSR count). The Morgan fingerprint density at radius 1 is 0.889 bits per heavy atom. The molecule has 0 fully saturated rings. The minimum atomic E-state index is -0.956. The second-order valence-corrected chi connectivity index (χ2v) is 10.9. The second kappa shape index (κ2) is 21.4. The molecule has 0 saturated carbocycles. The van der Waals surface area contributed by atoms with Gasteiger partial charge in [0, 0.05) is 31.3 Å². The highest BCUT2D eigenvalue weighted by Crippen LogP contribution is 2.23. The number of aromatic amines is 1. The number of hydrogen-bond donors (Lipinski definition) is 10. The molecule has 250 valence electrons. The molecular weight excluding hydrogens is 580 g/mol. The summed E-state index contributed by atoms with van der Waals surface area (Å²) in [5, 5.41) is 31.2. The summed E-state index contributed by atoms with van der Waals surface area (Å²) >= 11 is 0. The molecule has 1 aromatic heterocycles. The first-order chi connectivity index (χ1) is 21.7. The fourth-order valence-corrected chi connectivity index (χ4v) is 4.50. The van der Waals surface area contributed by atoms with Crippen molar-refractivity contribution in [1.29, 1.82) is 0 Å². The number of aromatic nitrogens is 2. The maximum absolute atomic E-state index is 12.9. The number of imidazole rings is 1. The number of guanidine groups is 1. The molecule has 0 aliphatic rings. The summed E-state index contributed by atoms with van der Waals surface area (Å²) in [6.07, 6.45) is 11.3. The first-order valence-corrected chi connectivity index (χ1v) is 15.5. The summed E-state index contributed by atoms with van der Waals surface area (Å²) in [6.45, 7) is 3.19. The van der Waals surface area contributed by atoms with E-state index in [0.717, 1.165) is 70.5 Å². The first kappa shape index (κ1) is 36.8. The van der Waals surface area contributed by atoms with Crippen LogP contribution in [-0.2, 0) is 20.8 Å². The largest absolute Gasteiger partial charge is 0.508 e. The van der Waals surface area contributed by atoms with Gasteiger partial charge in [-0.25, -0.2) is 4.98 Å². The fraction of sp³-hybridized carbons (Fsp3) is 0.567. The van der Waals surface area contributed by atoms with Crippen LogP contribution in [0.5, 0.6) is 11.5 Å². The predicted octanol–water partition coefficient (Wildman–Crippen LogP) is 0.155. The summed E-state index contributed by atoms with van der Waals surface area (Å²) < 4.78 is 0. The number of nitrogens with zero attached hydrogens (tertiary/aromatic N) is 2. The van der Waals surface area contributed by atoms with E-state index >= 15 is 0 Å². The zero-order chi connectivity index (χ0) is 32.9. The maximum atomic E-state index is 12.9. The van der Waals surface area contributed by atoms with Crippen molar-refractivity contribution >= 4 is 23.7 Å². The molecule has 15 nitrogen and oxygen atoms in total. The van der Waals surface area contributed by atoms with Crippen LogP contribution >= 0.6 is 0 Å². The molecule has 0 aliphatic heterocycles. The maximum Gasteiger partial charge on any atom is 0.248 e. The molecule has 15 heteroatoms. The molecular formula is C30H50N10O5. The number of aliphatic imine (C=N–C) groups is 1. The Morgan fingerprint density at radius 2 is 1.51 bits per heavy atom. The lowest BCUT2D eigenvalue weighted by atomic mass is 10.1. The second-order valence-electron chi connectivity index (χ2n) is 10.9. The third-order valence-corrected chi connectivity index (χ3v) is 7.05. The SMILES string of the molecule is NC(N)=NCC[C@H](N)C(=O)NCCCCCCCCNCCCCNC(=O)[C@@H](NC(=O)Cc1ccc(O)cc1O)c1cnc[nH]1. The van der Waals surface area contributed by atoms with Crippen molar-refractivity contribution in [3.63, 3.8) is 0 Å².